The fourth-order valence-corrected chi connectivity index (χ4v) is 3.48. The lowest BCUT2D eigenvalue weighted by molar-refractivity contribution is -0.147. The Morgan fingerprint density at radius 3 is 2.71 bits per heavy atom. The zero-order valence-electron chi connectivity index (χ0n) is 13.2. The predicted octanol–water partition coefficient (Wildman–Crippen LogP) is 3.44. The van der Waals surface area contributed by atoms with Crippen molar-refractivity contribution in [2.45, 2.75) is 13.0 Å². The van der Waals surface area contributed by atoms with Crippen molar-refractivity contribution in [3.05, 3.63) is 70.5 Å². The molecule has 0 unspecified atom stereocenters. The third-order valence-corrected chi connectivity index (χ3v) is 4.86. The number of aliphatic carboxylic acids is 1. The Hall–Kier alpha value is -2.46. The van der Waals surface area contributed by atoms with Crippen LogP contribution in [0.2, 0.25) is 0 Å². The molecular weight excluding hydrogens is 305 g/mol. The van der Waals surface area contributed by atoms with E-state index in [1.807, 2.05) is 29.2 Å². The van der Waals surface area contributed by atoms with Gasteiger partial charge < -0.3 is 5.11 Å². The van der Waals surface area contributed by atoms with Crippen LogP contribution in [0, 0.1) is 11.7 Å². The van der Waals surface area contributed by atoms with E-state index in [2.05, 4.69) is 18.2 Å². The third-order valence-electron chi connectivity index (χ3n) is 4.86. The van der Waals surface area contributed by atoms with E-state index in [1.54, 1.807) is 6.07 Å². The molecule has 1 aliphatic heterocycles. The first-order chi connectivity index (χ1) is 11.6. The van der Waals surface area contributed by atoms with E-state index in [-0.39, 0.29) is 11.7 Å². The maximum atomic E-state index is 14.5. The molecule has 1 heterocycles. The van der Waals surface area contributed by atoms with Gasteiger partial charge in [0.2, 0.25) is 0 Å². The van der Waals surface area contributed by atoms with Crippen LogP contribution in [0.4, 0.5) is 4.39 Å². The minimum absolute atomic E-state index is 0.207. The van der Waals surface area contributed by atoms with Gasteiger partial charge in [-0.2, -0.15) is 0 Å². The summed E-state index contributed by atoms with van der Waals surface area (Å²) in [5.41, 5.74) is 4.95. The molecule has 122 valence electrons. The molecule has 0 radical (unpaired) electrons. The molecule has 0 bridgehead atoms. The van der Waals surface area contributed by atoms with Crippen molar-refractivity contribution in [2.75, 3.05) is 13.1 Å². The second kappa shape index (κ2) is 5.87. The largest absolute Gasteiger partial charge is 0.481 e. The summed E-state index contributed by atoms with van der Waals surface area (Å²) in [6.45, 7) is 1.68. The van der Waals surface area contributed by atoms with Gasteiger partial charge in [-0.05, 0) is 34.8 Å². The Kier molecular flexibility index (Phi) is 3.69. The van der Waals surface area contributed by atoms with Crippen LogP contribution < -0.4 is 0 Å². The second-order valence-corrected chi connectivity index (χ2v) is 6.59. The third kappa shape index (κ3) is 2.74. The van der Waals surface area contributed by atoms with Gasteiger partial charge in [0.1, 0.15) is 5.82 Å². The van der Waals surface area contributed by atoms with Gasteiger partial charge in [0, 0.05) is 25.2 Å². The van der Waals surface area contributed by atoms with E-state index in [0.29, 0.717) is 25.2 Å². The second-order valence-electron chi connectivity index (χ2n) is 6.59. The van der Waals surface area contributed by atoms with Crippen LogP contribution in [0.15, 0.2) is 42.5 Å². The zero-order chi connectivity index (χ0) is 16.7. The van der Waals surface area contributed by atoms with Crippen LogP contribution in [-0.2, 0) is 17.8 Å². The Labute approximate surface area is 140 Å². The average Bonchev–Trinajstić information content (AvgIpc) is 2.93. The van der Waals surface area contributed by atoms with Crippen LogP contribution in [0.25, 0.3) is 11.6 Å². The molecule has 1 aliphatic carbocycles. The maximum absolute atomic E-state index is 14.5. The molecule has 1 N–H and O–H groups in total. The quantitative estimate of drug-likeness (QED) is 0.937. The van der Waals surface area contributed by atoms with E-state index in [1.165, 1.54) is 5.56 Å². The maximum Gasteiger partial charge on any atom is 0.309 e. The molecule has 2 aromatic rings. The van der Waals surface area contributed by atoms with Crippen LogP contribution in [0.1, 0.15) is 22.3 Å². The van der Waals surface area contributed by atoms with Crippen molar-refractivity contribution < 1.29 is 14.3 Å². The van der Waals surface area contributed by atoms with Crippen molar-refractivity contribution >= 4 is 17.6 Å². The predicted molar refractivity (Wildman–Crippen MR) is 90.8 cm³/mol. The first-order valence-electron chi connectivity index (χ1n) is 8.12. The molecule has 0 aromatic heterocycles. The van der Waals surface area contributed by atoms with Gasteiger partial charge in [-0.25, -0.2) is 4.39 Å². The minimum Gasteiger partial charge on any atom is -0.481 e. The SMILES string of the molecule is O=C(O)C1CN(Cc2ccc(C3=Cc4ccccc4C3)c(F)c2)C1. The van der Waals surface area contributed by atoms with Gasteiger partial charge in [-0.3, -0.25) is 9.69 Å². The fraction of sp³-hybridized carbons (Fsp3) is 0.250. The number of carboxylic acid groups (broad SMARTS) is 1. The van der Waals surface area contributed by atoms with Gasteiger partial charge in [0.05, 0.1) is 5.92 Å². The molecule has 4 rings (SSSR count). The van der Waals surface area contributed by atoms with Crippen molar-refractivity contribution in [1.29, 1.82) is 0 Å². The Balaban J connectivity index is 1.47. The summed E-state index contributed by atoms with van der Waals surface area (Å²) in [5, 5.41) is 8.90. The van der Waals surface area contributed by atoms with E-state index in [9.17, 15) is 9.18 Å². The summed E-state index contributed by atoms with van der Waals surface area (Å²) in [7, 11) is 0. The van der Waals surface area contributed by atoms with Gasteiger partial charge in [0.25, 0.3) is 0 Å². The number of benzene rings is 2. The monoisotopic (exact) mass is 323 g/mol. The topological polar surface area (TPSA) is 40.5 Å². The molecule has 24 heavy (non-hydrogen) atoms. The van der Waals surface area contributed by atoms with Crippen molar-refractivity contribution in [3.8, 4) is 0 Å². The van der Waals surface area contributed by atoms with Gasteiger partial charge in [-0.15, -0.1) is 0 Å². The lowest BCUT2D eigenvalue weighted by Crippen LogP contribution is -2.49. The molecule has 0 amide bonds. The summed E-state index contributed by atoms with van der Waals surface area (Å²) in [6.07, 6.45) is 2.82. The van der Waals surface area contributed by atoms with E-state index in [0.717, 1.165) is 23.1 Å². The standard InChI is InChI=1S/C20H18FNO2/c21-19-7-13(10-22-11-17(12-22)20(23)24)5-6-18(19)16-8-14-3-1-2-4-15(14)9-16/h1-8,17H,9-12H2,(H,23,24). The summed E-state index contributed by atoms with van der Waals surface area (Å²) in [4.78, 5) is 12.9. The molecule has 2 aliphatic rings. The average molecular weight is 323 g/mol. The molecule has 3 nitrogen and oxygen atoms in total. The summed E-state index contributed by atoms with van der Waals surface area (Å²) in [6, 6.07) is 13.5. The first-order valence-corrected chi connectivity index (χ1v) is 8.12. The molecule has 0 spiro atoms. The number of nitrogens with zero attached hydrogens (tertiary/aromatic N) is 1. The number of likely N-dealkylation sites (tertiary alicyclic amines) is 1. The summed E-state index contributed by atoms with van der Waals surface area (Å²) in [5.74, 6) is -1.24. The molecular formula is C20H18FNO2. The van der Waals surface area contributed by atoms with Gasteiger partial charge >= 0.3 is 5.97 Å². The summed E-state index contributed by atoms with van der Waals surface area (Å²) >= 11 is 0. The Morgan fingerprint density at radius 1 is 1.21 bits per heavy atom. The molecule has 4 heteroatoms. The van der Waals surface area contributed by atoms with E-state index >= 15 is 0 Å². The fourth-order valence-electron chi connectivity index (χ4n) is 3.48. The lowest BCUT2D eigenvalue weighted by Gasteiger charge is -2.36. The minimum atomic E-state index is -0.750. The molecule has 0 atom stereocenters. The summed E-state index contributed by atoms with van der Waals surface area (Å²) < 4.78 is 14.5. The molecule has 1 saturated heterocycles. The Morgan fingerprint density at radius 2 is 2.00 bits per heavy atom. The highest BCUT2D eigenvalue weighted by Crippen LogP contribution is 2.33. The zero-order valence-corrected chi connectivity index (χ0v) is 13.2. The smallest absolute Gasteiger partial charge is 0.309 e. The van der Waals surface area contributed by atoms with Crippen LogP contribution >= 0.6 is 0 Å². The van der Waals surface area contributed by atoms with Gasteiger partial charge in [0.15, 0.2) is 0 Å². The normalized spacial score (nSPS) is 17.3. The van der Waals surface area contributed by atoms with Crippen molar-refractivity contribution in [1.82, 2.24) is 4.90 Å². The molecule has 1 fully saturated rings. The van der Waals surface area contributed by atoms with E-state index < -0.39 is 5.97 Å². The molecule has 0 saturated carbocycles. The van der Waals surface area contributed by atoms with Crippen LogP contribution in [-0.4, -0.2) is 29.1 Å². The number of carbonyl (C=O) groups is 1. The highest BCUT2D eigenvalue weighted by Gasteiger charge is 2.32. The molecule has 2 aromatic carbocycles. The first kappa shape index (κ1) is 15.1. The highest BCUT2D eigenvalue weighted by atomic mass is 19.1. The number of hydrogen-bond acceptors (Lipinski definition) is 2. The number of halogens is 1. The number of rotatable bonds is 4. The number of fused-ring (bicyclic) bond motifs is 1. The van der Waals surface area contributed by atoms with Crippen LogP contribution in [0.5, 0.6) is 0 Å². The Bertz CT molecular complexity index is 837. The van der Waals surface area contributed by atoms with Crippen molar-refractivity contribution in [2.24, 2.45) is 5.92 Å². The number of carboxylic acids is 1. The van der Waals surface area contributed by atoms with E-state index in [4.69, 9.17) is 5.11 Å². The number of allylic oxidation sites excluding steroid dienone is 1. The van der Waals surface area contributed by atoms with Crippen LogP contribution in [0.3, 0.4) is 0 Å². The highest BCUT2D eigenvalue weighted by molar-refractivity contribution is 5.88. The van der Waals surface area contributed by atoms with Crippen molar-refractivity contribution in [3.63, 3.8) is 0 Å². The van der Waals surface area contributed by atoms with Gasteiger partial charge in [-0.1, -0.05) is 42.5 Å². The lowest BCUT2D eigenvalue weighted by atomic mass is 9.98. The number of hydrogen-bond donors (Lipinski definition) is 1.